The lowest BCUT2D eigenvalue weighted by Gasteiger charge is -2.31. The smallest absolute Gasteiger partial charge is 0.0673 e. The van der Waals surface area contributed by atoms with Crippen molar-refractivity contribution in [3.05, 3.63) is 0 Å². The van der Waals surface area contributed by atoms with Gasteiger partial charge in [0.25, 0.3) is 0 Å². The molecule has 0 bridgehead atoms. The van der Waals surface area contributed by atoms with Gasteiger partial charge < -0.3 is 5.73 Å². The summed E-state index contributed by atoms with van der Waals surface area (Å²) in [5, 5.41) is 0. The average molecular weight is 266 g/mol. The number of nitrogens with zero attached hydrogens (tertiary/aromatic N) is 1. The lowest BCUT2D eigenvalue weighted by atomic mass is 10.3. The molecule has 0 aromatic heterocycles. The minimum atomic E-state index is 0.324. The lowest BCUT2D eigenvalue weighted by Crippen LogP contribution is -2.40. The van der Waals surface area contributed by atoms with Crippen LogP contribution in [0.25, 0.3) is 0 Å². The van der Waals surface area contributed by atoms with E-state index < -0.39 is 0 Å². The van der Waals surface area contributed by atoms with E-state index in [1.807, 2.05) is 0 Å². The molecule has 2 nitrogen and oxygen atoms in total. The molecule has 3 heteroatoms. The van der Waals surface area contributed by atoms with Crippen LogP contribution < -0.4 is 5.73 Å². The average Bonchev–Trinajstić information content (AvgIpc) is 2.39. The van der Waals surface area contributed by atoms with E-state index in [0.29, 0.717) is 9.59 Å². The fourth-order valence-corrected chi connectivity index (χ4v) is 2.40. The first kappa shape index (κ1) is 8.26. The molecular formula is C8H15IN2. The Labute approximate surface area is 81.6 Å². The first-order valence-electron chi connectivity index (χ1n) is 4.19. The van der Waals surface area contributed by atoms with Crippen LogP contribution in [0.1, 0.15) is 13.8 Å². The number of rotatable bonds is 1. The summed E-state index contributed by atoms with van der Waals surface area (Å²) in [7, 11) is 0. The summed E-state index contributed by atoms with van der Waals surface area (Å²) in [6.07, 6.45) is 0. The summed E-state index contributed by atoms with van der Waals surface area (Å²) >= 11 is 2.50. The van der Waals surface area contributed by atoms with Crippen LogP contribution in [-0.2, 0) is 0 Å². The SMILES string of the molecule is CC(C)(I)N1C[C@@H]2C(N)[C@@H]2C1. The third kappa shape index (κ3) is 1.31. The Bertz CT molecular complexity index is 163. The largest absolute Gasteiger partial charge is 0.327 e. The van der Waals surface area contributed by atoms with Crippen LogP contribution in [0.3, 0.4) is 0 Å². The van der Waals surface area contributed by atoms with Crippen molar-refractivity contribution in [1.29, 1.82) is 0 Å². The van der Waals surface area contributed by atoms with Crippen molar-refractivity contribution in [2.24, 2.45) is 17.6 Å². The highest BCUT2D eigenvalue weighted by Gasteiger charge is 2.55. The molecule has 0 amide bonds. The number of hydrogen-bond donors (Lipinski definition) is 1. The normalized spacial score (nSPS) is 44.2. The van der Waals surface area contributed by atoms with Crippen molar-refractivity contribution in [3.63, 3.8) is 0 Å². The second-order valence-electron chi connectivity index (χ2n) is 4.22. The van der Waals surface area contributed by atoms with E-state index in [2.05, 4.69) is 41.3 Å². The van der Waals surface area contributed by atoms with Crippen LogP contribution in [0.2, 0.25) is 0 Å². The molecule has 0 spiro atoms. The number of alkyl halides is 1. The topological polar surface area (TPSA) is 29.3 Å². The van der Waals surface area contributed by atoms with Crippen LogP contribution >= 0.6 is 22.6 Å². The van der Waals surface area contributed by atoms with Gasteiger partial charge in [-0.1, -0.05) is 22.6 Å². The quantitative estimate of drug-likeness (QED) is 0.436. The maximum Gasteiger partial charge on any atom is 0.0673 e. The van der Waals surface area contributed by atoms with Gasteiger partial charge in [0.2, 0.25) is 0 Å². The van der Waals surface area contributed by atoms with Gasteiger partial charge >= 0.3 is 0 Å². The van der Waals surface area contributed by atoms with Gasteiger partial charge in [0.05, 0.1) is 3.55 Å². The summed E-state index contributed by atoms with van der Waals surface area (Å²) in [5.41, 5.74) is 5.85. The molecule has 1 heterocycles. The van der Waals surface area contributed by atoms with Crippen LogP contribution in [0.5, 0.6) is 0 Å². The molecular weight excluding hydrogens is 251 g/mol. The standard InChI is InChI=1S/C8H15IN2/c1-8(2,9)11-3-5-6(4-11)7(5)10/h5-7H,3-4,10H2,1-2H3/t5-,6+,7?. The molecule has 3 atom stereocenters. The molecule has 0 radical (unpaired) electrons. The molecule has 1 aliphatic carbocycles. The van der Waals surface area contributed by atoms with E-state index in [1.54, 1.807) is 0 Å². The molecule has 2 fully saturated rings. The highest BCUT2D eigenvalue weighted by atomic mass is 127. The Kier molecular flexibility index (Phi) is 1.75. The summed E-state index contributed by atoms with van der Waals surface area (Å²) in [6, 6.07) is 0.532. The summed E-state index contributed by atoms with van der Waals surface area (Å²) in [6.45, 7) is 6.98. The maximum absolute atomic E-state index is 5.85. The van der Waals surface area contributed by atoms with Crippen molar-refractivity contribution >= 4 is 22.6 Å². The maximum atomic E-state index is 5.85. The minimum Gasteiger partial charge on any atom is -0.327 e. The van der Waals surface area contributed by atoms with Crippen molar-refractivity contribution in [3.8, 4) is 0 Å². The molecule has 64 valence electrons. The van der Waals surface area contributed by atoms with Gasteiger partial charge in [0.15, 0.2) is 0 Å². The zero-order valence-corrected chi connectivity index (χ0v) is 9.21. The van der Waals surface area contributed by atoms with E-state index in [9.17, 15) is 0 Å². The molecule has 1 saturated carbocycles. The van der Waals surface area contributed by atoms with Crippen LogP contribution in [-0.4, -0.2) is 27.6 Å². The Balaban J connectivity index is 1.95. The monoisotopic (exact) mass is 266 g/mol. The Morgan fingerprint density at radius 1 is 1.36 bits per heavy atom. The van der Waals surface area contributed by atoms with Gasteiger partial charge in [-0.15, -0.1) is 0 Å². The zero-order valence-electron chi connectivity index (χ0n) is 7.05. The van der Waals surface area contributed by atoms with Gasteiger partial charge in [-0.3, -0.25) is 4.90 Å². The second-order valence-corrected chi connectivity index (χ2v) is 6.86. The van der Waals surface area contributed by atoms with E-state index in [4.69, 9.17) is 5.73 Å². The molecule has 0 aromatic carbocycles. The van der Waals surface area contributed by atoms with Gasteiger partial charge in [-0.25, -0.2) is 0 Å². The van der Waals surface area contributed by atoms with Crippen LogP contribution in [0.15, 0.2) is 0 Å². The van der Waals surface area contributed by atoms with E-state index in [1.165, 1.54) is 13.1 Å². The van der Waals surface area contributed by atoms with Crippen LogP contribution in [0.4, 0.5) is 0 Å². The van der Waals surface area contributed by atoms with Crippen molar-refractivity contribution < 1.29 is 0 Å². The third-order valence-electron chi connectivity index (χ3n) is 3.01. The number of likely N-dealkylation sites (tertiary alicyclic amines) is 1. The molecule has 11 heavy (non-hydrogen) atoms. The molecule has 2 rings (SSSR count). The highest BCUT2D eigenvalue weighted by Crippen LogP contribution is 2.46. The fourth-order valence-electron chi connectivity index (χ4n) is 2.01. The van der Waals surface area contributed by atoms with E-state index >= 15 is 0 Å². The first-order valence-corrected chi connectivity index (χ1v) is 5.27. The Morgan fingerprint density at radius 2 is 1.82 bits per heavy atom. The van der Waals surface area contributed by atoms with Gasteiger partial charge in [-0.2, -0.15) is 0 Å². The van der Waals surface area contributed by atoms with Crippen molar-refractivity contribution in [2.75, 3.05) is 13.1 Å². The second kappa shape index (κ2) is 2.33. The number of fused-ring (bicyclic) bond motifs is 1. The van der Waals surface area contributed by atoms with Crippen molar-refractivity contribution in [2.45, 2.75) is 23.4 Å². The van der Waals surface area contributed by atoms with E-state index in [-0.39, 0.29) is 0 Å². The summed E-state index contributed by atoms with van der Waals surface area (Å²) in [4.78, 5) is 2.53. The number of nitrogens with two attached hydrogens (primary N) is 1. The van der Waals surface area contributed by atoms with Gasteiger partial charge in [0, 0.05) is 19.1 Å². The van der Waals surface area contributed by atoms with Gasteiger partial charge in [-0.05, 0) is 25.7 Å². The Hall–Kier alpha value is 0.650. The molecule has 2 aliphatic rings. The molecule has 1 unspecified atom stereocenters. The number of piperidine rings is 1. The number of halogens is 1. The highest BCUT2D eigenvalue weighted by molar-refractivity contribution is 14.1. The number of hydrogen-bond acceptors (Lipinski definition) is 2. The van der Waals surface area contributed by atoms with Crippen molar-refractivity contribution in [1.82, 2.24) is 4.90 Å². The third-order valence-corrected chi connectivity index (χ3v) is 3.69. The predicted octanol–water partition coefficient (Wildman–Crippen LogP) is 1.05. The first-order chi connectivity index (χ1) is 5.00. The zero-order chi connectivity index (χ0) is 8.22. The fraction of sp³-hybridized carbons (Fsp3) is 1.00. The summed E-state index contributed by atoms with van der Waals surface area (Å²) < 4.78 is 0.324. The van der Waals surface area contributed by atoms with Crippen LogP contribution in [0, 0.1) is 11.8 Å². The molecule has 0 aromatic rings. The molecule has 1 saturated heterocycles. The Morgan fingerprint density at radius 3 is 2.18 bits per heavy atom. The summed E-state index contributed by atoms with van der Waals surface area (Å²) in [5.74, 6) is 1.65. The molecule has 1 aliphatic heterocycles. The predicted molar refractivity (Wildman–Crippen MR) is 54.6 cm³/mol. The van der Waals surface area contributed by atoms with E-state index in [0.717, 1.165) is 11.8 Å². The van der Waals surface area contributed by atoms with Gasteiger partial charge in [0.1, 0.15) is 0 Å². The lowest BCUT2D eigenvalue weighted by molar-refractivity contribution is 0.230. The minimum absolute atomic E-state index is 0.324. The molecule has 2 N–H and O–H groups in total.